The molecule has 1 aromatic rings. The van der Waals surface area contributed by atoms with Crippen LogP contribution in [0.3, 0.4) is 0 Å². The number of hydrogen-bond donors (Lipinski definition) is 0. The lowest BCUT2D eigenvalue weighted by Gasteiger charge is -2.05. The average Bonchev–Trinajstić information content (AvgIpc) is 3.04. The summed E-state index contributed by atoms with van der Waals surface area (Å²) in [6.07, 6.45) is 0.974. The van der Waals surface area contributed by atoms with Crippen molar-refractivity contribution in [3.8, 4) is 5.75 Å². The summed E-state index contributed by atoms with van der Waals surface area (Å²) in [5.41, 5.74) is 0.988. The average molecular weight is 220 g/mol. The molecule has 3 heteroatoms. The maximum Gasteiger partial charge on any atom is 0.309 e. The van der Waals surface area contributed by atoms with Gasteiger partial charge in [-0.05, 0) is 30.0 Å². The van der Waals surface area contributed by atoms with E-state index in [-0.39, 0.29) is 11.9 Å². The molecule has 0 bridgehead atoms. The Kier molecular flexibility index (Phi) is 3.13. The summed E-state index contributed by atoms with van der Waals surface area (Å²) in [6, 6.07) is 7.54. The van der Waals surface area contributed by atoms with Crippen LogP contribution in [0.4, 0.5) is 0 Å². The molecule has 2 rings (SSSR count). The van der Waals surface area contributed by atoms with E-state index < -0.39 is 0 Å². The van der Waals surface area contributed by atoms with E-state index in [9.17, 15) is 4.79 Å². The first-order valence-corrected chi connectivity index (χ1v) is 5.50. The summed E-state index contributed by atoms with van der Waals surface area (Å²) in [5.74, 6) is 1.39. The van der Waals surface area contributed by atoms with Gasteiger partial charge in [-0.25, -0.2) is 0 Å². The van der Waals surface area contributed by atoms with Crippen LogP contribution < -0.4 is 4.74 Å². The molecule has 0 saturated heterocycles. The van der Waals surface area contributed by atoms with E-state index in [2.05, 4.69) is 6.92 Å². The number of methoxy groups -OCH3 is 1. The van der Waals surface area contributed by atoms with Crippen molar-refractivity contribution in [2.45, 2.75) is 20.0 Å². The molecule has 0 heterocycles. The molecule has 1 aromatic carbocycles. The highest BCUT2D eigenvalue weighted by Crippen LogP contribution is 2.38. The van der Waals surface area contributed by atoms with Gasteiger partial charge in [0.15, 0.2) is 0 Å². The molecular formula is C13H16O3. The van der Waals surface area contributed by atoms with E-state index in [0.717, 1.165) is 17.7 Å². The fourth-order valence-electron chi connectivity index (χ4n) is 1.63. The molecule has 2 atom stereocenters. The summed E-state index contributed by atoms with van der Waals surface area (Å²) >= 11 is 0. The van der Waals surface area contributed by atoms with Gasteiger partial charge in [0.05, 0.1) is 13.0 Å². The highest BCUT2D eigenvalue weighted by Gasteiger charge is 2.40. The highest BCUT2D eigenvalue weighted by atomic mass is 16.5. The SMILES string of the molecule is COc1ccc(COC(=O)C2CC2C)cc1. The number of hydrogen-bond acceptors (Lipinski definition) is 3. The van der Waals surface area contributed by atoms with E-state index in [1.54, 1.807) is 7.11 Å². The molecule has 0 amide bonds. The summed E-state index contributed by atoms with van der Waals surface area (Å²) in [5, 5.41) is 0. The van der Waals surface area contributed by atoms with Crippen LogP contribution in [-0.2, 0) is 16.1 Å². The van der Waals surface area contributed by atoms with E-state index in [4.69, 9.17) is 9.47 Å². The summed E-state index contributed by atoms with van der Waals surface area (Å²) in [7, 11) is 1.63. The van der Waals surface area contributed by atoms with Crippen LogP contribution in [0.15, 0.2) is 24.3 Å². The fourth-order valence-corrected chi connectivity index (χ4v) is 1.63. The topological polar surface area (TPSA) is 35.5 Å². The van der Waals surface area contributed by atoms with Crippen LogP contribution in [0.25, 0.3) is 0 Å². The Morgan fingerprint density at radius 3 is 2.50 bits per heavy atom. The van der Waals surface area contributed by atoms with Gasteiger partial charge >= 0.3 is 5.97 Å². The second-order valence-corrected chi connectivity index (χ2v) is 4.28. The Morgan fingerprint density at radius 1 is 1.38 bits per heavy atom. The van der Waals surface area contributed by atoms with Crippen LogP contribution in [0.2, 0.25) is 0 Å². The normalized spacial score (nSPS) is 22.6. The highest BCUT2D eigenvalue weighted by molar-refractivity contribution is 5.75. The van der Waals surface area contributed by atoms with Crippen molar-refractivity contribution >= 4 is 5.97 Å². The molecule has 1 saturated carbocycles. The standard InChI is InChI=1S/C13H16O3/c1-9-7-12(9)13(14)16-8-10-3-5-11(15-2)6-4-10/h3-6,9,12H,7-8H2,1-2H3. The van der Waals surface area contributed by atoms with Gasteiger partial charge in [0.1, 0.15) is 12.4 Å². The van der Waals surface area contributed by atoms with Crippen molar-refractivity contribution in [2.75, 3.05) is 7.11 Å². The lowest BCUT2D eigenvalue weighted by atomic mass is 10.2. The van der Waals surface area contributed by atoms with Crippen molar-refractivity contribution in [2.24, 2.45) is 11.8 Å². The van der Waals surface area contributed by atoms with Crippen molar-refractivity contribution < 1.29 is 14.3 Å². The van der Waals surface area contributed by atoms with Crippen LogP contribution in [0.1, 0.15) is 18.9 Å². The predicted octanol–water partition coefficient (Wildman–Crippen LogP) is 2.39. The first kappa shape index (κ1) is 11.0. The van der Waals surface area contributed by atoms with Gasteiger partial charge in [0, 0.05) is 0 Å². The number of ether oxygens (including phenoxy) is 2. The third-order valence-corrected chi connectivity index (χ3v) is 2.95. The van der Waals surface area contributed by atoms with E-state index in [1.807, 2.05) is 24.3 Å². The second-order valence-electron chi connectivity index (χ2n) is 4.28. The molecule has 86 valence electrons. The maximum atomic E-state index is 11.5. The summed E-state index contributed by atoms with van der Waals surface area (Å²) in [4.78, 5) is 11.5. The fraction of sp³-hybridized carbons (Fsp3) is 0.462. The van der Waals surface area contributed by atoms with Crippen LogP contribution in [0, 0.1) is 11.8 Å². The number of benzene rings is 1. The quantitative estimate of drug-likeness (QED) is 0.731. The molecule has 16 heavy (non-hydrogen) atoms. The predicted molar refractivity (Wildman–Crippen MR) is 60.1 cm³/mol. The lowest BCUT2D eigenvalue weighted by molar-refractivity contribution is -0.146. The largest absolute Gasteiger partial charge is 0.497 e. The number of rotatable bonds is 4. The molecule has 1 fully saturated rings. The van der Waals surface area contributed by atoms with E-state index in [0.29, 0.717) is 12.5 Å². The van der Waals surface area contributed by atoms with Gasteiger partial charge in [-0.1, -0.05) is 19.1 Å². The van der Waals surface area contributed by atoms with Crippen LogP contribution in [-0.4, -0.2) is 13.1 Å². The van der Waals surface area contributed by atoms with Crippen molar-refractivity contribution in [1.82, 2.24) is 0 Å². The number of carbonyl (C=O) groups is 1. The molecule has 3 nitrogen and oxygen atoms in total. The first-order chi connectivity index (χ1) is 7.70. The molecule has 0 aliphatic heterocycles. The Hall–Kier alpha value is -1.51. The first-order valence-electron chi connectivity index (χ1n) is 5.50. The van der Waals surface area contributed by atoms with Gasteiger partial charge in [-0.2, -0.15) is 0 Å². The second kappa shape index (κ2) is 4.56. The van der Waals surface area contributed by atoms with Gasteiger partial charge in [0.25, 0.3) is 0 Å². The molecule has 0 spiro atoms. The van der Waals surface area contributed by atoms with E-state index in [1.165, 1.54) is 0 Å². The van der Waals surface area contributed by atoms with Crippen LogP contribution >= 0.6 is 0 Å². The molecule has 0 aromatic heterocycles. The van der Waals surface area contributed by atoms with E-state index >= 15 is 0 Å². The van der Waals surface area contributed by atoms with Gasteiger partial charge in [-0.15, -0.1) is 0 Å². The Labute approximate surface area is 95.4 Å². The molecule has 1 aliphatic rings. The maximum absolute atomic E-state index is 11.5. The van der Waals surface area contributed by atoms with Crippen molar-refractivity contribution in [3.63, 3.8) is 0 Å². The number of carbonyl (C=O) groups excluding carboxylic acids is 1. The van der Waals surface area contributed by atoms with Gasteiger partial charge < -0.3 is 9.47 Å². The van der Waals surface area contributed by atoms with Crippen LogP contribution in [0.5, 0.6) is 5.75 Å². The minimum atomic E-state index is -0.0664. The third-order valence-electron chi connectivity index (χ3n) is 2.95. The Balaban J connectivity index is 1.82. The molecule has 1 aliphatic carbocycles. The Morgan fingerprint density at radius 2 is 2.00 bits per heavy atom. The third kappa shape index (κ3) is 2.54. The smallest absolute Gasteiger partial charge is 0.309 e. The molecule has 2 unspecified atom stereocenters. The minimum absolute atomic E-state index is 0.0664. The molecular weight excluding hydrogens is 204 g/mol. The molecule has 0 N–H and O–H groups in total. The van der Waals surface area contributed by atoms with Crippen molar-refractivity contribution in [3.05, 3.63) is 29.8 Å². The zero-order valence-electron chi connectivity index (χ0n) is 9.60. The van der Waals surface area contributed by atoms with Crippen molar-refractivity contribution in [1.29, 1.82) is 0 Å². The monoisotopic (exact) mass is 220 g/mol. The number of esters is 1. The minimum Gasteiger partial charge on any atom is -0.497 e. The summed E-state index contributed by atoms with van der Waals surface area (Å²) in [6.45, 7) is 2.42. The van der Waals surface area contributed by atoms with Gasteiger partial charge in [-0.3, -0.25) is 4.79 Å². The Bertz CT molecular complexity index is 369. The lowest BCUT2D eigenvalue weighted by Crippen LogP contribution is -2.07. The zero-order chi connectivity index (χ0) is 11.5. The zero-order valence-corrected chi connectivity index (χ0v) is 9.60. The summed E-state index contributed by atoms with van der Waals surface area (Å²) < 4.78 is 10.3. The molecule has 0 radical (unpaired) electrons. The van der Waals surface area contributed by atoms with Gasteiger partial charge in [0.2, 0.25) is 0 Å².